The second-order valence-electron chi connectivity index (χ2n) is 3.91. The molecule has 1 aromatic rings. The zero-order valence-corrected chi connectivity index (χ0v) is 9.33. The third-order valence-corrected chi connectivity index (χ3v) is 2.95. The van der Waals surface area contributed by atoms with Crippen molar-refractivity contribution in [3.05, 3.63) is 23.3 Å². The van der Waals surface area contributed by atoms with Crippen molar-refractivity contribution < 1.29 is 9.53 Å². The van der Waals surface area contributed by atoms with Crippen LogP contribution in [0.15, 0.2) is 12.1 Å². The van der Waals surface area contributed by atoms with E-state index in [-0.39, 0.29) is 5.91 Å². The largest absolute Gasteiger partial charge is 0.491 e. The van der Waals surface area contributed by atoms with Crippen LogP contribution in [0.1, 0.15) is 17.5 Å². The molecule has 1 heterocycles. The van der Waals surface area contributed by atoms with Crippen molar-refractivity contribution in [3.63, 3.8) is 0 Å². The van der Waals surface area contributed by atoms with Crippen LogP contribution >= 0.6 is 0 Å². The monoisotopic (exact) mass is 205 g/mol. The zero-order valence-electron chi connectivity index (χ0n) is 9.33. The molecule has 0 bridgehead atoms. The second kappa shape index (κ2) is 3.57. The zero-order chi connectivity index (χ0) is 11.0. The van der Waals surface area contributed by atoms with E-state index in [1.165, 1.54) is 5.56 Å². The summed E-state index contributed by atoms with van der Waals surface area (Å²) >= 11 is 0. The van der Waals surface area contributed by atoms with E-state index < -0.39 is 0 Å². The summed E-state index contributed by atoms with van der Waals surface area (Å²) in [7, 11) is 1.80. The fraction of sp³-hybridized carbons (Fsp3) is 0.417. The van der Waals surface area contributed by atoms with Crippen LogP contribution in [0.4, 0.5) is 5.69 Å². The minimum atomic E-state index is 0.108. The lowest BCUT2D eigenvalue weighted by Crippen LogP contribution is -2.25. The van der Waals surface area contributed by atoms with Gasteiger partial charge >= 0.3 is 0 Å². The lowest BCUT2D eigenvalue weighted by atomic mass is 10.1. The van der Waals surface area contributed by atoms with E-state index in [1.807, 2.05) is 26.0 Å². The average molecular weight is 205 g/mol. The highest BCUT2D eigenvalue weighted by molar-refractivity contribution is 5.95. The number of hydrogen-bond acceptors (Lipinski definition) is 2. The number of amides is 1. The Morgan fingerprint density at radius 2 is 2.07 bits per heavy atom. The highest BCUT2D eigenvalue weighted by atomic mass is 16.5. The molecule has 0 atom stereocenters. The first-order chi connectivity index (χ1) is 7.11. The topological polar surface area (TPSA) is 29.5 Å². The van der Waals surface area contributed by atoms with Gasteiger partial charge in [0.05, 0.1) is 18.7 Å². The normalized spacial score (nSPS) is 15.7. The second-order valence-corrected chi connectivity index (χ2v) is 3.91. The molecule has 1 amide bonds. The molecule has 0 aromatic heterocycles. The molecule has 80 valence electrons. The summed E-state index contributed by atoms with van der Waals surface area (Å²) in [5, 5.41) is 0. The minimum Gasteiger partial charge on any atom is -0.491 e. The van der Waals surface area contributed by atoms with Crippen molar-refractivity contribution in [2.24, 2.45) is 0 Å². The fourth-order valence-electron chi connectivity index (χ4n) is 1.76. The lowest BCUT2D eigenvalue weighted by Gasteiger charge is -2.18. The molecular formula is C12H15NO2. The van der Waals surface area contributed by atoms with Gasteiger partial charge in [-0.25, -0.2) is 0 Å². The van der Waals surface area contributed by atoms with Crippen LogP contribution in [0.5, 0.6) is 5.75 Å². The Hall–Kier alpha value is -1.51. The molecule has 15 heavy (non-hydrogen) atoms. The number of aryl methyl sites for hydroxylation is 1. The summed E-state index contributed by atoms with van der Waals surface area (Å²) < 4.78 is 5.64. The number of benzene rings is 1. The molecule has 2 rings (SSSR count). The third-order valence-electron chi connectivity index (χ3n) is 2.95. The highest BCUT2D eigenvalue weighted by Gasteiger charge is 2.21. The fourth-order valence-corrected chi connectivity index (χ4v) is 1.76. The Labute approximate surface area is 89.7 Å². The summed E-state index contributed by atoms with van der Waals surface area (Å²) in [6, 6.07) is 3.97. The number of hydrogen-bond donors (Lipinski definition) is 0. The minimum absolute atomic E-state index is 0.108. The standard InChI is InChI=1S/C12H15NO2/c1-8-4-5-10-12(9(8)2)15-7-6-11(14)13(10)3/h4-5H,6-7H2,1-3H3. The van der Waals surface area contributed by atoms with E-state index in [2.05, 4.69) is 0 Å². The first-order valence-corrected chi connectivity index (χ1v) is 5.11. The van der Waals surface area contributed by atoms with E-state index in [0.717, 1.165) is 17.0 Å². The molecule has 0 aliphatic carbocycles. The third kappa shape index (κ3) is 1.58. The number of anilines is 1. The van der Waals surface area contributed by atoms with Crippen molar-refractivity contribution in [1.82, 2.24) is 0 Å². The summed E-state index contributed by atoms with van der Waals surface area (Å²) in [6.07, 6.45) is 0.448. The molecule has 1 aromatic carbocycles. The van der Waals surface area contributed by atoms with E-state index in [9.17, 15) is 4.79 Å². The first kappa shape index (κ1) is 10.0. The van der Waals surface area contributed by atoms with Crippen molar-refractivity contribution >= 4 is 11.6 Å². The summed E-state index contributed by atoms with van der Waals surface area (Å²) in [5.41, 5.74) is 3.19. The maximum Gasteiger partial charge on any atom is 0.230 e. The lowest BCUT2D eigenvalue weighted by molar-refractivity contribution is -0.118. The van der Waals surface area contributed by atoms with Crippen molar-refractivity contribution in [2.75, 3.05) is 18.6 Å². The Morgan fingerprint density at radius 3 is 2.80 bits per heavy atom. The molecular weight excluding hydrogens is 190 g/mol. The van der Waals surface area contributed by atoms with Gasteiger partial charge in [-0.2, -0.15) is 0 Å². The van der Waals surface area contributed by atoms with Crippen LogP contribution < -0.4 is 9.64 Å². The molecule has 0 radical (unpaired) electrons. The Bertz CT molecular complexity index is 412. The van der Waals surface area contributed by atoms with Crippen LogP contribution in [-0.2, 0) is 4.79 Å². The smallest absolute Gasteiger partial charge is 0.230 e. The average Bonchev–Trinajstić information content (AvgIpc) is 2.35. The predicted molar refractivity (Wildman–Crippen MR) is 59.4 cm³/mol. The number of carbonyl (C=O) groups excluding carboxylic acids is 1. The number of fused-ring (bicyclic) bond motifs is 1. The number of ether oxygens (including phenoxy) is 1. The molecule has 0 saturated carbocycles. The van der Waals surface area contributed by atoms with Gasteiger partial charge in [0.15, 0.2) is 0 Å². The van der Waals surface area contributed by atoms with Gasteiger partial charge in [-0.3, -0.25) is 4.79 Å². The van der Waals surface area contributed by atoms with E-state index in [1.54, 1.807) is 11.9 Å². The molecule has 3 nitrogen and oxygen atoms in total. The maximum absolute atomic E-state index is 11.6. The van der Waals surface area contributed by atoms with Gasteiger partial charge in [-0.1, -0.05) is 6.07 Å². The van der Waals surface area contributed by atoms with E-state index >= 15 is 0 Å². The van der Waals surface area contributed by atoms with Gasteiger partial charge in [-0.05, 0) is 31.0 Å². The van der Waals surface area contributed by atoms with Gasteiger partial charge < -0.3 is 9.64 Å². The van der Waals surface area contributed by atoms with Crippen molar-refractivity contribution in [1.29, 1.82) is 0 Å². The molecule has 3 heteroatoms. The quantitative estimate of drug-likeness (QED) is 0.648. The number of carbonyl (C=O) groups is 1. The van der Waals surface area contributed by atoms with Crippen LogP contribution in [0.2, 0.25) is 0 Å². The molecule has 0 fully saturated rings. The number of rotatable bonds is 0. The Kier molecular flexibility index (Phi) is 2.39. The predicted octanol–water partition coefficient (Wildman–Crippen LogP) is 2.05. The van der Waals surface area contributed by atoms with Gasteiger partial charge in [0.1, 0.15) is 5.75 Å². The van der Waals surface area contributed by atoms with Crippen LogP contribution in [-0.4, -0.2) is 19.6 Å². The van der Waals surface area contributed by atoms with Gasteiger partial charge in [0.25, 0.3) is 0 Å². The number of nitrogens with zero attached hydrogens (tertiary/aromatic N) is 1. The molecule has 0 N–H and O–H groups in total. The molecule has 0 spiro atoms. The van der Waals surface area contributed by atoms with E-state index in [0.29, 0.717) is 13.0 Å². The molecule has 0 saturated heterocycles. The van der Waals surface area contributed by atoms with Gasteiger partial charge in [0, 0.05) is 7.05 Å². The van der Waals surface area contributed by atoms with Crippen LogP contribution in [0.3, 0.4) is 0 Å². The van der Waals surface area contributed by atoms with Crippen molar-refractivity contribution in [3.8, 4) is 5.75 Å². The highest BCUT2D eigenvalue weighted by Crippen LogP contribution is 2.35. The molecule has 1 aliphatic rings. The molecule has 0 unspecified atom stereocenters. The van der Waals surface area contributed by atoms with Crippen molar-refractivity contribution in [2.45, 2.75) is 20.3 Å². The van der Waals surface area contributed by atoms with Crippen LogP contribution in [0.25, 0.3) is 0 Å². The maximum atomic E-state index is 11.6. The summed E-state index contributed by atoms with van der Waals surface area (Å²) in [6.45, 7) is 4.55. The Morgan fingerprint density at radius 1 is 1.33 bits per heavy atom. The van der Waals surface area contributed by atoms with Gasteiger partial charge in [-0.15, -0.1) is 0 Å². The summed E-state index contributed by atoms with van der Waals surface area (Å²) in [5.74, 6) is 0.959. The van der Waals surface area contributed by atoms with E-state index in [4.69, 9.17) is 4.74 Å². The van der Waals surface area contributed by atoms with Crippen LogP contribution in [0, 0.1) is 13.8 Å². The SMILES string of the molecule is Cc1ccc2c(c1C)OCCC(=O)N2C. The van der Waals surface area contributed by atoms with Gasteiger partial charge in [0.2, 0.25) is 5.91 Å². The first-order valence-electron chi connectivity index (χ1n) is 5.11. The summed E-state index contributed by atoms with van der Waals surface area (Å²) in [4.78, 5) is 13.3. The Balaban J connectivity index is 2.57. The molecule has 1 aliphatic heterocycles.